The first kappa shape index (κ1) is 14.9. The molecular formula is C14H17Br2NO2. The second kappa shape index (κ2) is 6.75. The van der Waals surface area contributed by atoms with Crippen LogP contribution in [0, 0.1) is 5.92 Å². The Bertz CT molecular complexity index is 465. The summed E-state index contributed by atoms with van der Waals surface area (Å²) in [4.78, 5) is 13.9. The second-order valence-electron chi connectivity index (χ2n) is 4.82. The lowest BCUT2D eigenvalue weighted by molar-refractivity contribution is -0.121. The molecule has 3 nitrogen and oxygen atoms in total. The minimum atomic E-state index is 0.0386. The highest BCUT2D eigenvalue weighted by Gasteiger charge is 2.25. The summed E-state index contributed by atoms with van der Waals surface area (Å²) in [5.74, 6) is 1.43. The number of anilines is 1. The standard InChI is InChI=1S/C14H17Br2NO2/c1-10(4-6-15)5-7-17-12-8-11(16)2-3-13(12)19-9-14(17)18/h2-3,8,10H,4-7,9H2,1H3. The fraction of sp³-hybridized carbons (Fsp3) is 0.500. The highest BCUT2D eigenvalue weighted by Crippen LogP contribution is 2.34. The van der Waals surface area contributed by atoms with E-state index in [4.69, 9.17) is 4.74 Å². The molecule has 1 aromatic rings. The van der Waals surface area contributed by atoms with E-state index in [9.17, 15) is 4.79 Å². The SMILES string of the molecule is CC(CCBr)CCN1C(=O)COc2ccc(Br)cc21. The predicted molar refractivity (Wildman–Crippen MR) is 84.2 cm³/mol. The van der Waals surface area contributed by atoms with Crippen molar-refractivity contribution in [2.45, 2.75) is 19.8 Å². The topological polar surface area (TPSA) is 29.5 Å². The first-order valence-corrected chi connectivity index (χ1v) is 8.32. The fourth-order valence-electron chi connectivity index (χ4n) is 2.10. The largest absolute Gasteiger partial charge is 0.482 e. The third-order valence-corrected chi connectivity index (χ3v) is 4.26. The third kappa shape index (κ3) is 3.72. The van der Waals surface area contributed by atoms with Crippen LogP contribution in [0.15, 0.2) is 22.7 Å². The summed E-state index contributed by atoms with van der Waals surface area (Å²) in [7, 11) is 0. The Morgan fingerprint density at radius 3 is 2.95 bits per heavy atom. The third-order valence-electron chi connectivity index (χ3n) is 3.31. The number of fused-ring (bicyclic) bond motifs is 1. The molecule has 2 rings (SSSR count). The number of hydrogen-bond acceptors (Lipinski definition) is 2. The van der Waals surface area contributed by atoms with Crippen molar-refractivity contribution in [2.75, 3.05) is 23.4 Å². The molecule has 104 valence electrons. The van der Waals surface area contributed by atoms with Crippen LogP contribution in [0.25, 0.3) is 0 Å². The van der Waals surface area contributed by atoms with E-state index in [1.807, 2.05) is 23.1 Å². The van der Waals surface area contributed by atoms with Crippen molar-refractivity contribution >= 4 is 43.5 Å². The van der Waals surface area contributed by atoms with Crippen LogP contribution in [0.2, 0.25) is 0 Å². The minimum absolute atomic E-state index is 0.0386. The number of rotatable bonds is 5. The highest BCUT2D eigenvalue weighted by molar-refractivity contribution is 9.10. The van der Waals surface area contributed by atoms with Crippen molar-refractivity contribution in [1.82, 2.24) is 0 Å². The molecule has 1 unspecified atom stereocenters. The molecule has 1 atom stereocenters. The smallest absolute Gasteiger partial charge is 0.265 e. The monoisotopic (exact) mass is 389 g/mol. The number of ether oxygens (including phenoxy) is 1. The summed E-state index contributed by atoms with van der Waals surface area (Å²) in [5.41, 5.74) is 0.872. The molecule has 1 amide bonds. The molecule has 1 aliphatic heterocycles. The van der Waals surface area contributed by atoms with E-state index < -0.39 is 0 Å². The van der Waals surface area contributed by atoms with E-state index in [-0.39, 0.29) is 12.5 Å². The summed E-state index contributed by atoms with van der Waals surface area (Å²) in [5, 5.41) is 1.01. The van der Waals surface area contributed by atoms with Crippen molar-refractivity contribution in [3.05, 3.63) is 22.7 Å². The zero-order chi connectivity index (χ0) is 13.8. The number of amides is 1. The Labute approximate surface area is 130 Å². The summed E-state index contributed by atoms with van der Waals surface area (Å²) in [6.45, 7) is 3.11. The first-order chi connectivity index (χ1) is 9.11. The quantitative estimate of drug-likeness (QED) is 0.711. The summed E-state index contributed by atoms with van der Waals surface area (Å²) < 4.78 is 6.42. The van der Waals surface area contributed by atoms with Gasteiger partial charge in [-0.25, -0.2) is 0 Å². The molecule has 0 aliphatic carbocycles. The first-order valence-electron chi connectivity index (χ1n) is 6.40. The fourth-order valence-corrected chi connectivity index (χ4v) is 3.23. The van der Waals surface area contributed by atoms with Gasteiger partial charge in [0.15, 0.2) is 6.61 Å². The molecule has 0 saturated heterocycles. The van der Waals surface area contributed by atoms with Crippen LogP contribution in [0.5, 0.6) is 5.75 Å². The van der Waals surface area contributed by atoms with E-state index >= 15 is 0 Å². The maximum absolute atomic E-state index is 12.0. The number of benzene rings is 1. The van der Waals surface area contributed by atoms with E-state index in [1.165, 1.54) is 0 Å². The van der Waals surface area contributed by atoms with E-state index in [2.05, 4.69) is 38.8 Å². The van der Waals surface area contributed by atoms with E-state index in [1.54, 1.807) is 0 Å². The van der Waals surface area contributed by atoms with Crippen molar-refractivity contribution in [3.63, 3.8) is 0 Å². The number of halogens is 2. The average Bonchev–Trinajstić information content (AvgIpc) is 2.38. The molecule has 0 bridgehead atoms. The van der Waals surface area contributed by atoms with Gasteiger partial charge in [0.05, 0.1) is 5.69 Å². The van der Waals surface area contributed by atoms with Crippen molar-refractivity contribution < 1.29 is 9.53 Å². The molecule has 0 saturated carbocycles. The molecule has 0 radical (unpaired) electrons. The van der Waals surface area contributed by atoms with Crippen molar-refractivity contribution in [3.8, 4) is 5.75 Å². The lowest BCUT2D eigenvalue weighted by Crippen LogP contribution is -2.39. The van der Waals surface area contributed by atoms with Gasteiger partial charge < -0.3 is 9.64 Å². The van der Waals surface area contributed by atoms with Crippen molar-refractivity contribution in [2.24, 2.45) is 5.92 Å². The predicted octanol–water partition coefficient (Wildman–Crippen LogP) is 3.99. The summed E-state index contributed by atoms with van der Waals surface area (Å²) in [6, 6.07) is 5.78. The molecule has 0 fully saturated rings. The van der Waals surface area contributed by atoms with Crippen LogP contribution >= 0.6 is 31.9 Å². The zero-order valence-electron chi connectivity index (χ0n) is 10.9. The zero-order valence-corrected chi connectivity index (χ0v) is 14.0. The summed E-state index contributed by atoms with van der Waals surface area (Å²) >= 11 is 6.90. The normalized spacial score (nSPS) is 15.9. The Morgan fingerprint density at radius 1 is 1.42 bits per heavy atom. The molecule has 0 spiro atoms. The summed E-state index contributed by atoms with van der Waals surface area (Å²) in [6.07, 6.45) is 2.13. The van der Waals surface area contributed by atoms with Gasteiger partial charge in [-0.2, -0.15) is 0 Å². The van der Waals surface area contributed by atoms with Crippen LogP contribution in [0.4, 0.5) is 5.69 Å². The molecule has 1 aliphatic rings. The molecule has 19 heavy (non-hydrogen) atoms. The maximum atomic E-state index is 12.0. The van der Waals surface area contributed by atoms with Gasteiger partial charge in [0, 0.05) is 16.3 Å². The maximum Gasteiger partial charge on any atom is 0.265 e. The van der Waals surface area contributed by atoms with Gasteiger partial charge in [-0.15, -0.1) is 0 Å². The number of carbonyl (C=O) groups excluding carboxylic acids is 1. The lowest BCUT2D eigenvalue weighted by atomic mass is 10.0. The highest BCUT2D eigenvalue weighted by atomic mass is 79.9. The lowest BCUT2D eigenvalue weighted by Gasteiger charge is -2.30. The molecule has 1 heterocycles. The Hall–Kier alpha value is -0.550. The van der Waals surface area contributed by atoms with Gasteiger partial charge in [-0.3, -0.25) is 4.79 Å². The molecule has 0 aromatic heterocycles. The number of carbonyl (C=O) groups is 1. The second-order valence-corrected chi connectivity index (χ2v) is 6.53. The van der Waals surface area contributed by atoms with Gasteiger partial charge in [0.1, 0.15) is 5.75 Å². The van der Waals surface area contributed by atoms with E-state index in [0.29, 0.717) is 5.92 Å². The van der Waals surface area contributed by atoms with Crippen LogP contribution in [-0.2, 0) is 4.79 Å². The van der Waals surface area contributed by atoms with Gasteiger partial charge in [0.2, 0.25) is 0 Å². The Balaban J connectivity index is 2.11. The van der Waals surface area contributed by atoms with E-state index in [0.717, 1.165) is 40.6 Å². The molecule has 1 aromatic carbocycles. The van der Waals surface area contributed by atoms with Crippen LogP contribution in [0.3, 0.4) is 0 Å². The number of nitrogens with zero attached hydrogens (tertiary/aromatic N) is 1. The van der Waals surface area contributed by atoms with Crippen molar-refractivity contribution in [1.29, 1.82) is 0 Å². The average molecular weight is 391 g/mol. The molecule has 0 N–H and O–H groups in total. The van der Waals surface area contributed by atoms with Crippen LogP contribution < -0.4 is 9.64 Å². The molecule has 5 heteroatoms. The van der Waals surface area contributed by atoms with Crippen LogP contribution in [0.1, 0.15) is 19.8 Å². The Kier molecular flexibility index (Phi) is 5.28. The van der Waals surface area contributed by atoms with Crippen LogP contribution in [-0.4, -0.2) is 24.4 Å². The van der Waals surface area contributed by atoms with Gasteiger partial charge in [0.25, 0.3) is 5.91 Å². The van der Waals surface area contributed by atoms with Gasteiger partial charge >= 0.3 is 0 Å². The Morgan fingerprint density at radius 2 is 2.21 bits per heavy atom. The minimum Gasteiger partial charge on any atom is -0.482 e. The molecular weight excluding hydrogens is 374 g/mol. The van der Waals surface area contributed by atoms with Gasteiger partial charge in [-0.1, -0.05) is 38.8 Å². The number of alkyl halides is 1. The number of hydrogen-bond donors (Lipinski definition) is 0. The van der Waals surface area contributed by atoms with Gasteiger partial charge in [-0.05, 0) is 37.0 Å².